The van der Waals surface area contributed by atoms with Gasteiger partial charge in [-0.05, 0) is 52.6 Å². The van der Waals surface area contributed by atoms with E-state index >= 15 is 0 Å². The number of anilines is 1. The SMILES string of the molecule is CC(C)c1ccc(I)c(N(I)C2CCC(=O)NC2=O)c1. The standard InChI is InChI=1S/C14H16I2N2O2/c1-8(2)9-3-4-10(15)12(7-9)18(16)11-5-6-13(19)17-14(11)20/h3-4,7-8,11H,5-6H2,1-2H3,(H,17,19,20). The van der Waals surface area contributed by atoms with Crippen molar-refractivity contribution in [3.8, 4) is 0 Å². The van der Waals surface area contributed by atoms with E-state index in [1.54, 1.807) is 0 Å². The van der Waals surface area contributed by atoms with Crippen molar-refractivity contribution >= 4 is 63.0 Å². The number of rotatable bonds is 3. The Hall–Kier alpha value is -0.380. The lowest BCUT2D eigenvalue weighted by molar-refractivity contribution is -0.133. The van der Waals surface area contributed by atoms with E-state index < -0.39 is 0 Å². The van der Waals surface area contributed by atoms with Gasteiger partial charge in [-0.15, -0.1) is 0 Å². The second kappa shape index (κ2) is 6.59. The number of benzene rings is 1. The average molecular weight is 498 g/mol. The maximum absolute atomic E-state index is 12.0. The zero-order valence-corrected chi connectivity index (χ0v) is 15.6. The van der Waals surface area contributed by atoms with E-state index in [2.05, 4.69) is 82.8 Å². The monoisotopic (exact) mass is 498 g/mol. The molecule has 0 radical (unpaired) electrons. The summed E-state index contributed by atoms with van der Waals surface area (Å²) in [5.41, 5.74) is 2.28. The molecule has 0 saturated carbocycles. The molecule has 1 heterocycles. The number of nitrogens with zero attached hydrogens (tertiary/aromatic N) is 1. The molecule has 1 atom stereocenters. The van der Waals surface area contributed by atoms with Crippen LogP contribution in [0.5, 0.6) is 0 Å². The van der Waals surface area contributed by atoms with Gasteiger partial charge in [0.2, 0.25) is 11.8 Å². The van der Waals surface area contributed by atoms with E-state index in [9.17, 15) is 9.59 Å². The molecule has 1 saturated heterocycles. The van der Waals surface area contributed by atoms with Gasteiger partial charge in [0.15, 0.2) is 0 Å². The van der Waals surface area contributed by atoms with Crippen LogP contribution in [0.1, 0.15) is 38.2 Å². The van der Waals surface area contributed by atoms with Crippen LogP contribution in [-0.4, -0.2) is 17.9 Å². The van der Waals surface area contributed by atoms with E-state index in [1.807, 2.05) is 3.11 Å². The summed E-state index contributed by atoms with van der Waals surface area (Å²) in [4.78, 5) is 23.2. The van der Waals surface area contributed by atoms with Crippen molar-refractivity contribution in [1.29, 1.82) is 0 Å². The van der Waals surface area contributed by atoms with Crippen molar-refractivity contribution in [1.82, 2.24) is 5.32 Å². The summed E-state index contributed by atoms with van der Waals surface area (Å²) in [5.74, 6) is 0.0559. The molecule has 1 unspecified atom stereocenters. The molecular weight excluding hydrogens is 482 g/mol. The Balaban J connectivity index is 2.28. The van der Waals surface area contributed by atoms with Gasteiger partial charge in [-0.2, -0.15) is 0 Å². The molecule has 1 aromatic rings. The van der Waals surface area contributed by atoms with Crippen molar-refractivity contribution in [3.63, 3.8) is 0 Å². The molecule has 0 bridgehead atoms. The van der Waals surface area contributed by atoms with Gasteiger partial charge >= 0.3 is 0 Å². The minimum absolute atomic E-state index is 0.179. The van der Waals surface area contributed by atoms with E-state index in [0.717, 1.165) is 9.26 Å². The number of carbonyl (C=O) groups is 2. The maximum Gasteiger partial charge on any atom is 0.250 e. The van der Waals surface area contributed by atoms with Gasteiger partial charge in [-0.25, -0.2) is 0 Å². The zero-order chi connectivity index (χ0) is 14.9. The lowest BCUT2D eigenvalue weighted by atomic mass is 10.0. The lowest BCUT2D eigenvalue weighted by Gasteiger charge is -2.30. The number of piperidine rings is 1. The summed E-state index contributed by atoms with van der Waals surface area (Å²) in [6, 6.07) is 6.03. The van der Waals surface area contributed by atoms with Crippen molar-refractivity contribution < 1.29 is 9.59 Å². The molecule has 108 valence electrons. The van der Waals surface area contributed by atoms with Crippen LogP contribution in [0.3, 0.4) is 0 Å². The Morgan fingerprint density at radius 3 is 2.65 bits per heavy atom. The van der Waals surface area contributed by atoms with Crippen molar-refractivity contribution in [2.75, 3.05) is 3.11 Å². The molecule has 2 amide bonds. The average Bonchev–Trinajstić information content (AvgIpc) is 2.38. The third-order valence-electron chi connectivity index (χ3n) is 3.35. The first-order valence-electron chi connectivity index (χ1n) is 6.48. The number of amides is 2. The summed E-state index contributed by atoms with van der Waals surface area (Å²) < 4.78 is 3.05. The van der Waals surface area contributed by atoms with Gasteiger partial charge in [0.25, 0.3) is 0 Å². The topological polar surface area (TPSA) is 49.4 Å². The second-order valence-corrected chi connectivity index (χ2v) is 7.35. The van der Waals surface area contributed by atoms with Gasteiger partial charge < -0.3 is 3.11 Å². The van der Waals surface area contributed by atoms with E-state index in [0.29, 0.717) is 18.8 Å². The number of carbonyl (C=O) groups excluding carboxylic acids is 2. The minimum atomic E-state index is -0.288. The van der Waals surface area contributed by atoms with E-state index in [4.69, 9.17) is 0 Å². The van der Waals surface area contributed by atoms with Gasteiger partial charge in [0.1, 0.15) is 6.04 Å². The number of imide groups is 1. The Kier molecular flexibility index (Phi) is 5.27. The molecule has 2 rings (SSSR count). The first kappa shape index (κ1) is 16.0. The quantitative estimate of drug-likeness (QED) is 0.395. The fraction of sp³-hybridized carbons (Fsp3) is 0.429. The van der Waals surface area contributed by atoms with Crippen LogP contribution >= 0.6 is 45.5 Å². The van der Waals surface area contributed by atoms with Crippen LogP contribution in [0.4, 0.5) is 5.69 Å². The highest BCUT2D eigenvalue weighted by Crippen LogP contribution is 2.32. The molecule has 4 nitrogen and oxygen atoms in total. The fourth-order valence-corrected chi connectivity index (χ4v) is 4.11. The van der Waals surface area contributed by atoms with Gasteiger partial charge in [-0.3, -0.25) is 14.9 Å². The van der Waals surface area contributed by atoms with E-state index in [1.165, 1.54) is 5.56 Å². The Labute approximate surface area is 146 Å². The Morgan fingerprint density at radius 2 is 2.05 bits per heavy atom. The Morgan fingerprint density at radius 1 is 1.35 bits per heavy atom. The molecule has 1 N–H and O–H groups in total. The fourth-order valence-electron chi connectivity index (χ4n) is 2.12. The summed E-state index contributed by atoms with van der Waals surface area (Å²) in [6.45, 7) is 4.30. The molecule has 1 fully saturated rings. The molecular formula is C14H16I2N2O2. The van der Waals surface area contributed by atoms with Gasteiger partial charge in [0, 0.05) is 9.99 Å². The summed E-state index contributed by atoms with van der Waals surface area (Å²) in [6.07, 6.45) is 0.964. The van der Waals surface area contributed by atoms with E-state index in [-0.39, 0.29) is 17.9 Å². The molecule has 0 spiro atoms. The maximum atomic E-state index is 12.0. The number of halogens is 2. The second-order valence-electron chi connectivity index (χ2n) is 5.14. The summed E-state index contributed by atoms with van der Waals surface area (Å²) >= 11 is 4.45. The zero-order valence-electron chi connectivity index (χ0n) is 11.3. The molecule has 20 heavy (non-hydrogen) atoms. The van der Waals surface area contributed by atoms with Crippen molar-refractivity contribution in [3.05, 3.63) is 27.3 Å². The molecule has 1 aromatic carbocycles. The van der Waals surface area contributed by atoms with Crippen molar-refractivity contribution in [2.45, 2.75) is 38.6 Å². The number of nitrogens with one attached hydrogen (secondary N) is 1. The van der Waals surface area contributed by atoms with Crippen molar-refractivity contribution in [2.24, 2.45) is 0 Å². The predicted molar refractivity (Wildman–Crippen MR) is 95.9 cm³/mol. The first-order valence-corrected chi connectivity index (χ1v) is 8.52. The van der Waals surface area contributed by atoms with Crippen LogP contribution in [0.2, 0.25) is 0 Å². The molecule has 1 aliphatic rings. The van der Waals surface area contributed by atoms with Crippen LogP contribution in [0, 0.1) is 3.57 Å². The van der Waals surface area contributed by atoms with Crippen LogP contribution in [0.25, 0.3) is 0 Å². The normalized spacial score (nSPS) is 19.1. The molecule has 1 aliphatic heterocycles. The third kappa shape index (κ3) is 3.44. The van der Waals surface area contributed by atoms with Crippen LogP contribution in [-0.2, 0) is 9.59 Å². The highest BCUT2D eigenvalue weighted by molar-refractivity contribution is 14.1. The summed E-state index contributed by atoms with van der Waals surface area (Å²) in [7, 11) is 0. The smallest absolute Gasteiger partial charge is 0.250 e. The highest BCUT2D eigenvalue weighted by atomic mass is 127. The Bertz CT molecular complexity index is 546. The minimum Gasteiger partial charge on any atom is -0.301 e. The van der Waals surface area contributed by atoms with Crippen LogP contribution in [0.15, 0.2) is 18.2 Å². The van der Waals surface area contributed by atoms with Gasteiger partial charge in [-0.1, -0.05) is 19.9 Å². The first-order chi connectivity index (χ1) is 9.40. The van der Waals surface area contributed by atoms with Gasteiger partial charge in [0.05, 0.1) is 28.6 Å². The third-order valence-corrected chi connectivity index (χ3v) is 5.46. The predicted octanol–water partition coefficient (Wildman–Crippen LogP) is 3.38. The van der Waals surface area contributed by atoms with Crippen LogP contribution < -0.4 is 8.43 Å². The lowest BCUT2D eigenvalue weighted by Crippen LogP contribution is -2.49. The summed E-state index contributed by atoms with van der Waals surface area (Å²) in [5, 5.41) is 2.41. The largest absolute Gasteiger partial charge is 0.301 e. The molecule has 0 aromatic heterocycles. The molecule has 6 heteroatoms. The number of hydrogen-bond donors (Lipinski definition) is 1. The molecule has 0 aliphatic carbocycles. The number of hydrogen-bond acceptors (Lipinski definition) is 3. The highest BCUT2D eigenvalue weighted by Gasteiger charge is 2.31.